The first-order chi connectivity index (χ1) is 12.6. The third-order valence-electron chi connectivity index (χ3n) is 5.38. The molecule has 2 heterocycles. The van der Waals surface area contributed by atoms with E-state index in [9.17, 15) is 4.39 Å². The number of hydrogen-bond donors (Lipinski definition) is 1. The molecule has 144 valence electrons. The number of nitrogens with one attached hydrogen (secondary N) is 1. The van der Waals surface area contributed by atoms with Crippen molar-refractivity contribution in [1.29, 1.82) is 0 Å². The summed E-state index contributed by atoms with van der Waals surface area (Å²) in [4.78, 5) is 9.25. The summed E-state index contributed by atoms with van der Waals surface area (Å²) in [5, 5.41) is 3.56. The zero-order valence-electron chi connectivity index (χ0n) is 16.1. The second kappa shape index (κ2) is 8.82. The topological polar surface area (TPSA) is 40.1 Å². The first-order valence-corrected chi connectivity index (χ1v) is 9.68. The van der Waals surface area contributed by atoms with E-state index in [1.54, 1.807) is 0 Å². The van der Waals surface area contributed by atoms with E-state index in [0.717, 1.165) is 44.2 Å². The van der Waals surface area contributed by atoms with Crippen LogP contribution in [0.3, 0.4) is 0 Å². The normalized spacial score (nSPS) is 27.8. The van der Waals surface area contributed by atoms with Crippen LogP contribution in [0.2, 0.25) is 0 Å². The Kier molecular flexibility index (Phi) is 6.48. The summed E-state index contributed by atoms with van der Waals surface area (Å²) in [6.45, 7) is 10.3. The fraction of sp³-hybridized carbons (Fsp3) is 0.650. The molecule has 1 aromatic carbocycles. The van der Waals surface area contributed by atoms with Crippen molar-refractivity contribution in [2.45, 2.75) is 32.5 Å². The number of halogens is 1. The number of benzene rings is 1. The van der Waals surface area contributed by atoms with Crippen LogP contribution in [0.4, 0.5) is 4.39 Å². The number of guanidine groups is 1. The Morgan fingerprint density at radius 2 is 2.04 bits per heavy atom. The minimum Gasteiger partial charge on any atom is -0.367 e. The average Bonchev–Trinajstić information content (AvgIpc) is 3.10. The number of hydrogen-bond acceptors (Lipinski definition) is 3. The van der Waals surface area contributed by atoms with Gasteiger partial charge < -0.3 is 19.9 Å². The highest BCUT2D eigenvalue weighted by Gasteiger charge is 2.29. The molecule has 0 saturated carbocycles. The van der Waals surface area contributed by atoms with Crippen molar-refractivity contribution < 1.29 is 9.13 Å². The summed E-state index contributed by atoms with van der Waals surface area (Å²) < 4.78 is 19.3. The maximum absolute atomic E-state index is 13.2. The second-order valence-electron chi connectivity index (χ2n) is 7.37. The Morgan fingerprint density at radius 3 is 2.69 bits per heavy atom. The average molecular weight is 362 g/mol. The molecular weight excluding hydrogens is 331 g/mol. The fourth-order valence-electron chi connectivity index (χ4n) is 3.92. The third-order valence-corrected chi connectivity index (χ3v) is 5.38. The Morgan fingerprint density at radius 1 is 1.27 bits per heavy atom. The molecule has 1 aromatic rings. The fourth-order valence-corrected chi connectivity index (χ4v) is 3.92. The molecule has 3 atom stereocenters. The third kappa shape index (κ3) is 4.74. The van der Waals surface area contributed by atoms with Gasteiger partial charge in [0.2, 0.25) is 0 Å². The van der Waals surface area contributed by atoms with Gasteiger partial charge in [-0.15, -0.1) is 0 Å². The quantitative estimate of drug-likeness (QED) is 0.660. The van der Waals surface area contributed by atoms with Crippen LogP contribution in [0.1, 0.15) is 31.9 Å². The van der Waals surface area contributed by atoms with Crippen molar-refractivity contribution in [2.75, 3.05) is 46.3 Å². The Balaban J connectivity index is 1.59. The molecule has 1 N–H and O–H groups in total. The van der Waals surface area contributed by atoms with Gasteiger partial charge in [-0.3, -0.25) is 4.99 Å². The standard InChI is InChI=1S/C20H31FN4O/c1-4-24-10-9-16(13-24)11-23-20(22-3)25-12-15(2)26-19(14-25)17-5-7-18(21)8-6-17/h5-8,15-16,19H,4,9-14H2,1-3H3,(H,22,23). The zero-order valence-corrected chi connectivity index (χ0v) is 16.1. The van der Waals surface area contributed by atoms with Gasteiger partial charge in [-0.1, -0.05) is 19.1 Å². The number of rotatable bonds is 4. The number of likely N-dealkylation sites (tertiary alicyclic amines) is 1. The maximum atomic E-state index is 13.2. The number of nitrogens with zero attached hydrogens (tertiary/aromatic N) is 3. The summed E-state index contributed by atoms with van der Waals surface area (Å²) in [5.74, 6) is 1.39. The molecule has 3 unspecified atom stereocenters. The molecule has 0 amide bonds. The number of ether oxygens (including phenoxy) is 1. The van der Waals surface area contributed by atoms with Crippen molar-refractivity contribution in [3.8, 4) is 0 Å². The van der Waals surface area contributed by atoms with E-state index in [0.29, 0.717) is 5.92 Å². The van der Waals surface area contributed by atoms with Crippen LogP contribution in [0.5, 0.6) is 0 Å². The monoisotopic (exact) mass is 362 g/mol. The van der Waals surface area contributed by atoms with E-state index in [4.69, 9.17) is 4.74 Å². The van der Waals surface area contributed by atoms with Gasteiger partial charge in [0.25, 0.3) is 0 Å². The van der Waals surface area contributed by atoms with E-state index < -0.39 is 0 Å². The molecule has 0 bridgehead atoms. The van der Waals surface area contributed by atoms with Gasteiger partial charge in [0.05, 0.1) is 12.6 Å². The van der Waals surface area contributed by atoms with Gasteiger partial charge in [0.1, 0.15) is 11.9 Å². The lowest BCUT2D eigenvalue weighted by Crippen LogP contribution is -2.51. The molecule has 5 nitrogen and oxygen atoms in total. The van der Waals surface area contributed by atoms with Gasteiger partial charge in [-0.05, 0) is 50.0 Å². The Bertz CT molecular complexity index is 606. The Labute approximate surface area is 156 Å². The van der Waals surface area contributed by atoms with E-state index in [1.807, 2.05) is 19.2 Å². The molecular formula is C20H31FN4O. The van der Waals surface area contributed by atoms with Gasteiger partial charge in [-0.25, -0.2) is 4.39 Å². The first-order valence-electron chi connectivity index (χ1n) is 9.68. The van der Waals surface area contributed by atoms with E-state index in [-0.39, 0.29) is 18.0 Å². The molecule has 0 aliphatic carbocycles. The molecule has 6 heteroatoms. The summed E-state index contributed by atoms with van der Waals surface area (Å²) in [7, 11) is 1.84. The highest BCUT2D eigenvalue weighted by molar-refractivity contribution is 5.80. The summed E-state index contributed by atoms with van der Waals surface area (Å²) in [5.41, 5.74) is 1.01. The largest absolute Gasteiger partial charge is 0.367 e. The van der Waals surface area contributed by atoms with E-state index >= 15 is 0 Å². The summed E-state index contributed by atoms with van der Waals surface area (Å²) >= 11 is 0. The molecule has 26 heavy (non-hydrogen) atoms. The minimum absolute atomic E-state index is 0.0695. The van der Waals surface area contributed by atoms with Crippen molar-refractivity contribution in [3.63, 3.8) is 0 Å². The lowest BCUT2D eigenvalue weighted by molar-refractivity contribution is -0.0605. The molecule has 2 fully saturated rings. The van der Waals surface area contributed by atoms with Crippen LogP contribution >= 0.6 is 0 Å². The molecule has 0 spiro atoms. The second-order valence-corrected chi connectivity index (χ2v) is 7.37. The van der Waals surface area contributed by atoms with Crippen LogP contribution in [-0.4, -0.2) is 68.2 Å². The minimum atomic E-state index is -0.218. The van der Waals surface area contributed by atoms with E-state index in [2.05, 4.69) is 34.0 Å². The van der Waals surface area contributed by atoms with Gasteiger partial charge in [0.15, 0.2) is 5.96 Å². The van der Waals surface area contributed by atoms with Crippen molar-refractivity contribution in [1.82, 2.24) is 15.1 Å². The van der Waals surface area contributed by atoms with Gasteiger partial charge in [-0.2, -0.15) is 0 Å². The molecule has 0 radical (unpaired) electrons. The predicted octanol–water partition coefficient (Wildman–Crippen LogP) is 2.50. The highest BCUT2D eigenvalue weighted by Crippen LogP contribution is 2.25. The van der Waals surface area contributed by atoms with E-state index in [1.165, 1.54) is 25.1 Å². The van der Waals surface area contributed by atoms with Crippen LogP contribution < -0.4 is 5.32 Å². The SMILES string of the molecule is CCN1CCC(CNC(=NC)N2CC(C)OC(c3ccc(F)cc3)C2)C1. The molecule has 3 rings (SSSR count). The summed E-state index contributed by atoms with van der Waals surface area (Å²) in [6, 6.07) is 6.61. The molecule has 0 aromatic heterocycles. The van der Waals surface area contributed by atoms with Crippen molar-refractivity contribution in [2.24, 2.45) is 10.9 Å². The van der Waals surface area contributed by atoms with Gasteiger partial charge in [0, 0.05) is 26.7 Å². The smallest absolute Gasteiger partial charge is 0.193 e. The van der Waals surface area contributed by atoms with Crippen LogP contribution in [0.15, 0.2) is 29.3 Å². The lowest BCUT2D eigenvalue weighted by Gasteiger charge is -2.39. The lowest BCUT2D eigenvalue weighted by atomic mass is 10.1. The van der Waals surface area contributed by atoms with Crippen LogP contribution in [-0.2, 0) is 4.74 Å². The maximum Gasteiger partial charge on any atom is 0.193 e. The summed E-state index contributed by atoms with van der Waals surface area (Å²) in [6.07, 6.45) is 1.27. The number of aliphatic imine (C=N–C) groups is 1. The Hall–Kier alpha value is -1.66. The zero-order chi connectivity index (χ0) is 18.5. The molecule has 2 saturated heterocycles. The van der Waals surface area contributed by atoms with Gasteiger partial charge >= 0.3 is 0 Å². The highest BCUT2D eigenvalue weighted by atomic mass is 19.1. The van der Waals surface area contributed by atoms with Crippen LogP contribution in [0.25, 0.3) is 0 Å². The number of morpholine rings is 1. The van der Waals surface area contributed by atoms with Crippen LogP contribution in [0, 0.1) is 11.7 Å². The molecule has 2 aliphatic heterocycles. The first kappa shape index (κ1) is 19.1. The molecule has 2 aliphatic rings. The van der Waals surface area contributed by atoms with Crippen molar-refractivity contribution >= 4 is 5.96 Å². The van der Waals surface area contributed by atoms with Crippen molar-refractivity contribution in [3.05, 3.63) is 35.6 Å². The predicted molar refractivity (Wildman–Crippen MR) is 103 cm³/mol.